The highest BCUT2D eigenvalue weighted by Crippen LogP contribution is 2.43. The average Bonchev–Trinajstić information content (AvgIpc) is 3.78. The first-order valence-electron chi connectivity index (χ1n) is 24.7. The number of rotatable bonds is 7. The Morgan fingerprint density at radius 2 is 0.808 bits per heavy atom. The summed E-state index contributed by atoms with van der Waals surface area (Å²) in [5.41, 5.74) is 15.3. The molecule has 0 atom stereocenters. The molecule has 2 aliphatic heterocycles. The molecule has 8 nitrogen and oxygen atoms in total. The van der Waals surface area contributed by atoms with Gasteiger partial charge >= 0.3 is 0 Å². The van der Waals surface area contributed by atoms with Crippen LogP contribution >= 0.6 is 0 Å². The third-order valence-electron chi connectivity index (χ3n) is 14.3. The molecule has 0 unspecified atom stereocenters. The smallest absolute Gasteiger partial charge is 0.256 e. The largest absolute Gasteiger partial charge is 0.458 e. The summed E-state index contributed by atoms with van der Waals surface area (Å²) in [5.74, 6) is 5.30. The minimum absolute atomic E-state index is 0.168. The maximum absolute atomic E-state index is 7.10. The van der Waals surface area contributed by atoms with Gasteiger partial charge in [0.1, 0.15) is 11.5 Å². The predicted molar refractivity (Wildman–Crippen MR) is 295 cm³/mol. The fourth-order valence-electron chi connectivity index (χ4n) is 10.7. The van der Waals surface area contributed by atoms with Crippen LogP contribution in [0.25, 0.3) is 107 Å². The number of aromatic nitrogens is 7. The van der Waals surface area contributed by atoms with Crippen LogP contribution in [-0.2, 0) is 5.41 Å². The highest BCUT2D eigenvalue weighted by molar-refractivity contribution is 6.99. The van der Waals surface area contributed by atoms with Crippen molar-refractivity contribution >= 4 is 44.9 Å². The van der Waals surface area contributed by atoms with Crippen molar-refractivity contribution in [1.29, 1.82) is 0 Å². The number of hydrogen-bond donors (Lipinski definition) is 0. The van der Waals surface area contributed by atoms with E-state index in [1.807, 2.05) is 97.1 Å². The molecular formula is C64H44BN7O. The zero-order valence-electron chi connectivity index (χ0n) is 40.3. The van der Waals surface area contributed by atoms with Crippen molar-refractivity contribution in [3.05, 3.63) is 218 Å². The molecule has 0 fully saturated rings. The lowest BCUT2D eigenvalue weighted by Gasteiger charge is -2.35. The first kappa shape index (κ1) is 42.5. The molecule has 3 aromatic heterocycles. The minimum Gasteiger partial charge on any atom is -0.458 e. The molecule has 5 heterocycles. The molecule has 0 aliphatic carbocycles. The molecule has 73 heavy (non-hydrogen) atoms. The van der Waals surface area contributed by atoms with E-state index in [1.54, 1.807) is 0 Å². The number of fused-ring (bicyclic) bond motifs is 7. The van der Waals surface area contributed by atoms with Gasteiger partial charge in [-0.2, -0.15) is 0 Å². The summed E-state index contributed by atoms with van der Waals surface area (Å²) in [4.78, 5) is 31.1. The van der Waals surface area contributed by atoms with Gasteiger partial charge in [-0.15, -0.1) is 0 Å². The summed E-state index contributed by atoms with van der Waals surface area (Å²) < 4.78 is 9.56. The van der Waals surface area contributed by atoms with Crippen molar-refractivity contribution in [1.82, 2.24) is 34.5 Å². The van der Waals surface area contributed by atoms with Gasteiger partial charge in [-0.3, -0.25) is 0 Å². The lowest BCUT2D eigenvalue weighted by atomic mass is 9.34. The van der Waals surface area contributed by atoms with E-state index in [-0.39, 0.29) is 12.1 Å². The van der Waals surface area contributed by atoms with Gasteiger partial charge in [-0.05, 0) is 81.0 Å². The van der Waals surface area contributed by atoms with Gasteiger partial charge in [-0.25, -0.2) is 29.9 Å². The van der Waals surface area contributed by atoms with Gasteiger partial charge in [0.05, 0.1) is 5.52 Å². The van der Waals surface area contributed by atoms with Crippen LogP contribution < -0.4 is 21.1 Å². The monoisotopic (exact) mass is 937 g/mol. The van der Waals surface area contributed by atoms with Gasteiger partial charge in [0, 0.05) is 55.4 Å². The maximum atomic E-state index is 7.10. The first-order chi connectivity index (χ1) is 35.8. The van der Waals surface area contributed by atoms with Gasteiger partial charge in [-0.1, -0.05) is 191 Å². The molecule has 0 N–H and O–H groups in total. The van der Waals surface area contributed by atoms with Crippen LogP contribution in [0.1, 0.15) is 26.3 Å². The lowest BCUT2D eigenvalue weighted by Crippen LogP contribution is -2.58. The van der Waals surface area contributed by atoms with Gasteiger partial charge in [0.25, 0.3) is 6.71 Å². The van der Waals surface area contributed by atoms with Crippen molar-refractivity contribution < 1.29 is 4.74 Å². The Morgan fingerprint density at radius 1 is 0.370 bits per heavy atom. The summed E-state index contributed by atoms with van der Waals surface area (Å²) in [6.45, 7) is 6.61. The predicted octanol–water partition coefficient (Wildman–Crippen LogP) is 13.1. The van der Waals surface area contributed by atoms with Gasteiger partial charge in [0.2, 0.25) is 0 Å². The van der Waals surface area contributed by atoms with Crippen LogP contribution in [0.3, 0.4) is 0 Å². The Balaban J connectivity index is 1.08. The van der Waals surface area contributed by atoms with Crippen molar-refractivity contribution in [3.63, 3.8) is 0 Å². The van der Waals surface area contributed by atoms with Crippen LogP contribution in [0.15, 0.2) is 212 Å². The maximum Gasteiger partial charge on any atom is 0.256 e. The number of hydrogen-bond acceptors (Lipinski definition) is 7. The Bertz CT molecular complexity index is 4030. The number of nitrogens with zero attached hydrogens (tertiary/aromatic N) is 7. The fourth-order valence-corrected chi connectivity index (χ4v) is 10.7. The van der Waals surface area contributed by atoms with E-state index in [2.05, 4.69) is 141 Å². The van der Waals surface area contributed by atoms with Gasteiger partial charge < -0.3 is 9.30 Å². The summed E-state index contributed by atoms with van der Waals surface area (Å²) in [6, 6.07) is 73.7. The third kappa shape index (κ3) is 7.22. The highest BCUT2D eigenvalue weighted by Gasteiger charge is 2.42. The topological polar surface area (TPSA) is 91.5 Å². The quantitative estimate of drug-likeness (QED) is 0.147. The van der Waals surface area contributed by atoms with Crippen LogP contribution in [0.4, 0.5) is 0 Å². The normalized spacial score (nSPS) is 12.4. The van der Waals surface area contributed by atoms with E-state index >= 15 is 0 Å². The molecule has 14 rings (SSSR count). The van der Waals surface area contributed by atoms with E-state index in [1.165, 1.54) is 5.56 Å². The zero-order chi connectivity index (χ0) is 48.8. The summed E-state index contributed by atoms with van der Waals surface area (Å²) in [5, 5.41) is 2.11. The second-order valence-electron chi connectivity index (χ2n) is 19.9. The summed E-state index contributed by atoms with van der Waals surface area (Å²) in [7, 11) is 0. The van der Waals surface area contributed by atoms with E-state index in [0.717, 1.165) is 99.9 Å². The molecule has 0 amide bonds. The van der Waals surface area contributed by atoms with Crippen LogP contribution in [0.5, 0.6) is 11.5 Å². The van der Waals surface area contributed by atoms with E-state index < -0.39 is 0 Å². The van der Waals surface area contributed by atoms with Crippen molar-refractivity contribution in [2.45, 2.75) is 26.2 Å². The fraction of sp³-hybridized carbons (Fsp3) is 0.0625. The molecular weight excluding hydrogens is 894 g/mol. The first-order valence-corrected chi connectivity index (χ1v) is 24.7. The molecule has 0 spiro atoms. The van der Waals surface area contributed by atoms with Crippen molar-refractivity contribution in [2.75, 3.05) is 0 Å². The van der Waals surface area contributed by atoms with E-state index in [9.17, 15) is 0 Å². The lowest BCUT2D eigenvalue weighted by molar-refractivity contribution is 0.483. The van der Waals surface area contributed by atoms with Crippen molar-refractivity contribution in [3.8, 4) is 96.6 Å². The minimum atomic E-state index is -0.195. The summed E-state index contributed by atoms with van der Waals surface area (Å²) in [6.07, 6.45) is 0. The zero-order valence-corrected chi connectivity index (χ0v) is 40.3. The Kier molecular flexibility index (Phi) is 9.70. The molecule has 9 aromatic carbocycles. The second kappa shape index (κ2) is 16.6. The standard InChI is InChI=1S/C64H44BN7O/c1-64(2,3)47-37-53-56-55(38-47)73-54-32-30-44(39-19-9-4-10-20-39)35-50(54)65(56)51-36-46(63-70-60(42-25-15-7-16-26-42)67-61(71-63)43-27-17-8-18-28-43)34-49-48-33-45(29-31-52(48)72(53)57(49)51)62-68-58(40-21-11-5-12-22-40)66-59(69-62)41-23-13-6-14-24-41/h4-38H,1-3H3. The van der Waals surface area contributed by atoms with E-state index in [4.69, 9.17) is 34.6 Å². The van der Waals surface area contributed by atoms with Gasteiger partial charge in [0.15, 0.2) is 34.9 Å². The van der Waals surface area contributed by atoms with Crippen molar-refractivity contribution in [2.24, 2.45) is 0 Å². The molecule has 0 saturated heterocycles. The molecule has 9 heteroatoms. The Morgan fingerprint density at radius 3 is 1.32 bits per heavy atom. The Labute approximate surface area is 422 Å². The second-order valence-corrected chi connectivity index (χ2v) is 19.9. The molecule has 0 bridgehead atoms. The molecule has 344 valence electrons. The molecule has 2 aliphatic rings. The highest BCUT2D eigenvalue weighted by atomic mass is 16.5. The van der Waals surface area contributed by atoms with Crippen LogP contribution in [0.2, 0.25) is 0 Å². The van der Waals surface area contributed by atoms with Crippen LogP contribution in [0, 0.1) is 0 Å². The summed E-state index contributed by atoms with van der Waals surface area (Å²) >= 11 is 0. The Hall–Kier alpha value is -9.34. The molecule has 0 radical (unpaired) electrons. The number of ether oxygens (including phenoxy) is 1. The van der Waals surface area contributed by atoms with E-state index in [0.29, 0.717) is 34.9 Å². The SMILES string of the molecule is CC(C)(C)c1cc2c3c(c1)-n1c4ccc(-c5nc(-c6ccccc6)nc(-c6ccccc6)n5)cc4c4cc(-c5nc(-c6ccccc6)nc(-c6ccccc6)n5)cc(c41)B3c1cc(-c3ccccc3)ccc1O2. The molecule has 0 saturated carbocycles. The number of benzene rings is 9. The molecule has 12 aromatic rings. The average molecular weight is 938 g/mol. The third-order valence-corrected chi connectivity index (χ3v) is 14.3. The van der Waals surface area contributed by atoms with Crippen LogP contribution in [-0.4, -0.2) is 41.2 Å².